The average Bonchev–Trinajstić information content (AvgIpc) is 3.20. The first kappa shape index (κ1) is 48.4. The monoisotopic (exact) mass is 809 g/mol. The van der Waals surface area contributed by atoms with Gasteiger partial charge in [-0.3, -0.25) is 34.4 Å². The highest BCUT2D eigenvalue weighted by Crippen LogP contribution is 2.27. The van der Waals surface area contributed by atoms with Crippen molar-refractivity contribution in [1.82, 2.24) is 5.39 Å². The van der Waals surface area contributed by atoms with Gasteiger partial charge in [-0.15, -0.1) is 0 Å². The summed E-state index contributed by atoms with van der Waals surface area (Å²) in [5.74, 6) is -4.22. The molecule has 4 N–H and O–H groups in total. The largest absolute Gasteiger partial charge is 0.466 e. The summed E-state index contributed by atoms with van der Waals surface area (Å²) in [5, 5.41) is 36.8. The van der Waals surface area contributed by atoms with Gasteiger partial charge in [-0.1, -0.05) is 31.2 Å². The second-order valence-corrected chi connectivity index (χ2v) is 13.2. The average molecular weight is 810 g/mol. The summed E-state index contributed by atoms with van der Waals surface area (Å²) in [7, 11) is 0. The molecular formula is C39H55NO17. The van der Waals surface area contributed by atoms with Crippen LogP contribution in [0, 0.1) is 5.41 Å². The van der Waals surface area contributed by atoms with E-state index in [2.05, 4.69) is 4.84 Å². The summed E-state index contributed by atoms with van der Waals surface area (Å²) in [4.78, 5) is 77.3. The lowest BCUT2D eigenvalue weighted by atomic mass is 9.87. The third kappa shape index (κ3) is 18.9. The lowest BCUT2D eigenvalue weighted by Crippen LogP contribution is -2.39. The summed E-state index contributed by atoms with van der Waals surface area (Å²) >= 11 is 0. The lowest BCUT2D eigenvalue weighted by Gasteiger charge is -2.25. The minimum atomic E-state index is -1.31. The number of unbranched alkanes of at least 4 members (excludes halogenated alkanes) is 5. The minimum absolute atomic E-state index is 0.0626. The third-order valence-corrected chi connectivity index (χ3v) is 8.87. The van der Waals surface area contributed by atoms with Crippen LogP contribution in [0.5, 0.6) is 5.75 Å². The van der Waals surface area contributed by atoms with Gasteiger partial charge >= 0.3 is 35.8 Å². The number of aliphatic hydroxyl groups is 2. The Morgan fingerprint density at radius 1 is 0.632 bits per heavy atom. The van der Waals surface area contributed by atoms with Crippen molar-refractivity contribution < 1.29 is 82.7 Å². The van der Waals surface area contributed by atoms with Gasteiger partial charge < -0.3 is 38.6 Å². The Morgan fingerprint density at radius 2 is 1.18 bits per heavy atom. The number of benzene rings is 2. The molecule has 0 radical (unpaired) electrons. The van der Waals surface area contributed by atoms with Crippen LogP contribution in [0.4, 0.5) is 0 Å². The summed E-state index contributed by atoms with van der Waals surface area (Å²) < 4.78 is 30.6. The van der Waals surface area contributed by atoms with E-state index in [0.29, 0.717) is 62.7 Å². The summed E-state index contributed by atoms with van der Waals surface area (Å²) in [6.45, 7) is 1.35. The van der Waals surface area contributed by atoms with Gasteiger partial charge in [0.1, 0.15) is 11.2 Å². The molecule has 0 aliphatic rings. The van der Waals surface area contributed by atoms with Crippen LogP contribution < -0.4 is 4.74 Å². The number of fused-ring (bicyclic) bond motifs is 1. The van der Waals surface area contributed by atoms with Crippen molar-refractivity contribution in [2.45, 2.75) is 90.4 Å². The van der Waals surface area contributed by atoms with Gasteiger partial charge in [0.2, 0.25) is 0 Å². The van der Waals surface area contributed by atoms with E-state index in [1.165, 1.54) is 0 Å². The van der Waals surface area contributed by atoms with Crippen molar-refractivity contribution in [3.63, 3.8) is 0 Å². The molecular weight excluding hydrogens is 754 g/mol. The molecule has 2 rings (SSSR count). The molecule has 57 heavy (non-hydrogen) atoms. The molecule has 0 aromatic heterocycles. The lowest BCUT2D eigenvalue weighted by molar-refractivity contribution is -0.492. The molecule has 0 spiro atoms. The maximum absolute atomic E-state index is 12.7. The van der Waals surface area contributed by atoms with Crippen LogP contribution >= 0.6 is 0 Å². The SMILES string of the molecule is CCC(CO)(CO)C(=O)OCCCCCC(=O)Oc1ccc2cc(C(C)C(=O)OCC(=O)OCC(=O)OCCCCCC(=O)OCCCCON(O)O)ccc2c1. The number of hydrogen-bond acceptors (Lipinski definition) is 18. The van der Waals surface area contributed by atoms with Gasteiger partial charge in [-0.2, -0.15) is 0 Å². The molecule has 0 fully saturated rings. The van der Waals surface area contributed by atoms with Gasteiger partial charge in [0, 0.05) is 12.8 Å². The fraction of sp³-hybridized carbons (Fsp3) is 0.590. The Bertz CT molecular complexity index is 1570. The summed E-state index contributed by atoms with van der Waals surface area (Å²) in [5.41, 5.74) is -0.691. The van der Waals surface area contributed by atoms with Gasteiger partial charge in [0.15, 0.2) is 13.2 Å². The van der Waals surface area contributed by atoms with Crippen molar-refractivity contribution in [1.29, 1.82) is 0 Å². The van der Waals surface area contributed by atoms with Crippen LogP contribution in [0.25, 0.3) is 10.8 Å². The van der Waals surface area contributed by atoms with E-state index in [1.807, 2.05) is 0 Å². The molecule has 1 unspecified atom stereocenters. The maximum atomic E-state index is 12.7. The van der Waals surface area contributed by atoms with Crippen LogP contribution in [0.3, 0.4) is 0 Å². The van der Waals surface area contributed by atoms with E-state index >= 15 is 0 Å². The first-order valence-corrected chi connectivity index (χ1v) is 18.9. The van der Waals surface area contributed by atoms with Gasteiger partial charge in [0.25, 0.3) is 0 Å². The number of carbonyl (C=O) groups is 6. The molecule has 18 nitrogen and oxygen atoms in total. The number of rotatable bonds is 29. The number of esters is 6. The zero-order valence-electron chi connectivity index (χ0n) is 32.5. The number of aliphatic hydroxyl groups excluding tert-OH is 2. The molecule has 318 valence electrons. The number of nitrogens with zero attached hydrogens (tertiary/aromatic N) is 1. The normalized spacial score (nSPS) is 11.8. The maximum Gasteiger partial charge on any atom is 0.344 e. The number of ether oxygens (including phenoxy) is 6. The van der Waals surface area contributed by atoms with Crippen LogP contribution in [-0.4, -0.2) is 115 Å². The zero-order valence-corrected chi connectivity index (χ0v) is 32.5. The highest BCUT2D eigenvalue weighted by atomic mass is 17.1. The molecule has 0 aliphatic carbocycles. The molecule has 1 atom stereocenters. The Kier molecular flexibility index (Phi) is 22.9. The second-order valence-electron chi connectivity index (χ2n) is 13.2. The van der Waals surface area contributed by atoms with Crippen molar-refractivity contribution in [3.05, 3.63) is 42.0 Å². The first-order valence-electron chi connectivity index (χ1n) is 18.9. The molecule has 0 saturated heterocycles. The van der Waals surface area contributed by atoms with Crippen molar-refractivity contribution in [2.75, 3.05) is 52.9 Å². The highest BCUT2D eigenvalue weighted by molar-refractivity contribution is 5.88. The van der Waals surface area contributed by atoms with Crippen LogP contribution in [0.1, 0.15) is 96.0 Å². The Hall–Kier alpha value is -4.72. The Labute approximate surface area is 330 Å². The highest BCUT2D eigenvalue weighted by Gasteiger charge is 2.37. The molecule has 0 bridgehead atoms. The summed E-state index contributed by atoms with van der Waals surface area (Å²) in [6.07, 6.45) is 4.76. The van der Waals surface area contributed by atoms with Crippen molar-refractivity contribution in [3.8, 4) is 5.75 Å². The van der Waals surface area contributed by atoms with Crippen LogP contribution in [-0.2, 0) is 57.3 Å². The van der Waals surface area contributed by atoms with Gasteiger partial charge in [-0.05, 0) is 93.2 Å². The fourth-order valence-corrected chi connectivity index (χ4v) is 5.13. The predicted molar refractivity (Wildman–Crippen MR) is 197 cm³/mol. The van der Waals surface area contributed by atoms with E-state index in [9.17, 15) is 39.0 Å². The molecule has 0 heterocycles. The van der Waals surface area contributed by atoms with Crippen molar-refractivity contribution in [2.24, 2.45) is 5.41 Å². The summed E-state index contributed by atoms with van der Waals surface area (Å²) in [6, 6.07) is 10.3. The second kappa shape index (κ2) is 27.0. The zero-order chi connectivity index (χ0) is 42.1. The van der Waals surface area contributed by atoms with Crippen molar-refractivity contribution >= 4 is 46.6 Å². The van der Waals surface area contributed by atoms with E-state index in [4.69, 9.17) is 38.8 Å². The fourth-order valence-electron chi connectivity index (χ4n) is 5.13. The van der Waals surface area contributed by atoms with E-state index in [0.717, 1.165) is 10.8 Å². The molecule has 0 amide bonds. The van der Waals surface area contributed by atoms with E-state index < -0.39 is 67.6 Å². The molecule has 0 saturated carbocycles. The van der Waals surface area contributed by atoms with Crippen LogP contribution in [0.2, 0.25) is 0 Å². The van der Waals surface area contributed by atoms with Gasteiger partial charge in [-0.25, -0.2) is 9.59 Å². The third-order valence-electron chi connectivity index (χ3n) is 8.87. The molecule has 2 aromatic rings. The predicted octanol–water partition coefficient (Wildman–Crippen LogP) is 3.86. The molecule has 2 aromatic carbocycles. The topological polar surface area (TPSA) is 251 Å². The number of hydrogen-bond donors (Lipinski definition) is 4. The van der Waals surface area contributed by atoms with Gasteiger partial charge in [0.05, 0.1) is 50.9 Å². The minimum Gasteiger partial charge on any atom is -0.466 e. The Balaban J connectivity index is 1.61. The van der Waals surface area contributed by atoms with E-state index in [1.54, 1.807) is 50.2 Å². The van der Waals surface area contributed by atoms with E-state index in [-0.39, 0.29) is 57.0 Å². The smallest absolute Gasteiger partial charge is 0.344 e. The standard InChI is InChI=1S/C39H55NO17/c1-3-39(26-41,27-42)38(48)53-20-9-5-7-13-34(44)57-32-17-16-30-22-29(14-15-31(30)23-32)28(2)37(47)55-25-36(46)54-24-35(45)52-18-8-4-6-12-33(43)51-19-10-11-21-56-40(49)50/h14-17,22-23,28,41-42,49-50H,3-13,18-21,24-27H2,1-2H3. The first-order chi connectivity index (χ1) is 27.3. The number of carbonyl (C=O) groups excluding carboxylic acids is 6. The molecule has 0 aliphatic heterocycles. The Morgan fingerprint density at radius 3 is 1.82 bits per heavy atom. The van der Waals surface area contributed by atoms with Crippen LogP contribution in [0.15, 0.2) is 36.4 Å². The molecule has 18 heteroatoms. The quantitative estimate of drug-likeness (QED) is 0.0299.